The summed E-state index contributed by atoms with van der Waals surface area (Å²) in [5.41, 5.74) is 3.71. The first kappa shape index (κ1) is 12.5. The minimum atomic E-state index is 0.579. The van der Waals surface area contributed by atoms with E-state index < -0.39 is 0 Å². The summed E-state index contributed by atoms with van der Waals surface area (Å²) in [6.45, 7) is 3.19. The standard InChI is InChI=1S/C17H18N4/c1-3-13-5-2-8-18-17(13)15(4-1)12-21-10-7-14(11-21)16-6-9-19-20-16/h1-6,8-9,14H,7,10-12H2,(H,19,20). The number of benzene rings is 1. The Morgan fingerprint density at radius 2 is 2.10 bits per heavy atom. The van der Waals surface area contributed by atoms with Gasteiger partial charge in [0, 0.05) is 42.5 Å². The largest absolute Gasteiger partial charge is 0.298 e. The maximum absolute atomic E-state index is 4.55. The summed E-state index contributed by atoms with van der Waals surface area (Å²) in [5, 5.41) is 8.39. The summed E-state index contributed by atoms with van der Waals surface area (Å²) >= 11 is 0. The normalized spacial score (nSPS) is 19.3. The van der Waals surface area contributed by atoms with Crippen LogP contribution >= 0.6 is 0 Å². The zero-order chi connectivity index (χ0) is 14.1. The number of hydrogen-bond donors (Lipinski definition) is 1. The Hall–Kier alpha value is -2.20. The fourth-order valence-electron chi connectivity index (χ4n) is 3.26. The number of aromatic nitrogens is 3. The number of nitrogens with one attached hydrogen (secondary N) is 1. The number of fused-ring (bicyclic) bond motifs is 1. The van der Waals surface area contributed by atoms with Gasteiger partial charge in [-0.2, -0.15) is 5.10 Å². The minimum absolute atomic E-state index is 0.579. The van der Waals surface area contributed by atoms with Gasteiger partial charge in [-0.05, 0) is 30.7 Å². The molecule has 0 radical (unpaired) electrons. The molecule has 1 aliphatic rings. The maximum Gasteiger partial charge on any atom is 0.0746 e. The zero-order valence-electron chi connectivity index (χ0n) is 11.9. The molecule has 1 saturated heterocycles. The molecule has 0 bridgehead atoms. The van der Waals surface area contributed by atoms with Crippen LogP contribution < -0.4 is 0 Å². The molecule has 0 amide bonds. The quantitative estimate of drug-likeness (QED) is 0.801. The molecule has 106 valence electrons. The number of H-pyrrole nitrogens is 1. The number of aromatic amines is 1. The Morgan fingerprint density at radius 3 is 3.00 bits per heavy atom. The predicted molar refractivity (Wildman–Crippen MR) is 83.0 cm³/mol. The summed E-state index contributed by atoms with van der Waals surface area (Å²) in [7, 11) is 0. The van der Waals surface area contributed by atoms with Gasteiger partial charge in [0.15, 0.2) is 0 Å². The molecule has 3 heterocycles. The molecular weight excluding hydrogens is 260 g/mol. The molecule has 1 aromatic carbocycles. The molecular formula is C17H18N4. The highest BCUT2D eigenvalue weighted by molar-refractivity contribution is 5.81. The molecule has 1 unspecified atom stereocenters. The van der Waals surface area contributed by atoms with E-state index in [4.69, 9.17) is 0 Å². The van der Waals surface area contributed by atoms with Crippen LogP contribution in [-0.4, -0.2) is 33.2 Å². The number of pyridine rings is 1. The van der Waals surface area contributed by atoms with E-state index >= 15 is 0 Å². The highest BCUT2D eigenvalue weighted by Gasteiger charge is 2.25. The van der Waals surface area contributed by atoms with Crippen LogP contribution in [0.4, 0.5) is 0 Å². The van der Waals surface area contributed by atoms with Crippen LogP contribution in [0.25, 0.3) is 10.9 Å². The number of likely N-dealkylation sites (tertiary alicyclic amines) is 1. The molecule has 1 aliphatic heterocycles. The molecule has 1 N–H and O–H groups in total. The third-order valence-corrected chi connectivity index (χ3v) is 4.34. The van der Waals surface area contributed by atoms with Crippen LogP contribution in [0.15, 0.2) is 48.8 Å². The van der Waals surface area contributed by atoms with E-state index in [0.717, 1.165) is 25.2 Å². The Balaban J connectivity index is 1.54. The second kappa shape index (κ2) is 5.30. The molecule has 2 aromatic heterocycles. The van der Waals surface area contributed by atoms with Crippen molar-refractivity contribution in [2.24, 2.45) is 0 Å². The average molecular weight is 278 g/mol. The lowest BCUT2D eigenvalue weighted by Crippen LogP contribution is -2.20. The zero-order valence-corrected chi connectivity index (χ0v) is 11.9. The van der Waals surface area contributed by atoms with E-state index in [2.05, 4.69) is 50.4 Å². The van der Waals surface area contributed by atoms with Crippen molar-refractivity contribution in [3.8, 4) is 0 Å². The Bertz CT molecular complexity index is 730. The lowest BCUT2D eigenvalue weighted by Gasteiger charge is -2.16. The molecule has 0 aliphatic carbocycles. The molecule has 4 heteroatoms. The number of para-hydroxylation sites is 1. The Labute approximate surface area is 123 Å². The monoisotopic (exact) mass is 278 g/mol. The van der Waals surface area contributed by atoms with Gasteiger partial charge in [-0.15, -0.1) is 0 Å². The SMILES string of the molecule is c1cnc2c(CN3CCC(c4ccn[nH]4)C3)cccc2c1. The van der Waals surface area contributed by atoms with Crippen LogP contribution in [0.1, 0.15) is 23.6 Å². The van der Waals surface area contributed by atoms with Gasteiger partial charge in [0.2, 0.25) is 0 Å². The molecule has 1 fully saturated rings. The molecule has 3 aromatic rings. The highest BCUT2D eigenvalue weighted by atomic mass is 15.2. The van der Waals surface area contributed by atoms with Gasteiger partial charge in [0.25, 0.3) is 0 Å². The summed E-state index contributed by atoms with van der Waals surface area (Å²) in [4.78, 5) is 7.06. The topological polar surface area (TPSA) is 44.8 Å². The molecule has 1 atom stereocenters. The molecule has 0 saturated carbocycles. The predicted octanol–water partition coefficient (Wildman–Crippen LogP) is 2.95. The molecule has 21 heavy (non-hydrogen) atoms. The molecule has 0 spiro atoms. The van der Waals surface area contributed by atoms with Gasteiger partial charge in [-0.1, -0.05) is 24.3 Å². The highest BCUT2D eigenvalue weighted by Crippen LogP contribution is 2.27. The average Bonchev–Trinajstić information content (AvgIpc) is 3.18. The Morgan fingerprint density at radius 1 is 1.14 bits per heavy atom. The fourth-order valence-corrected chi connectivity index (χ4v) is 3.26. The van der Waals surface area contributed by atoms with Gasteiger partial charge in [0.1, 0.15) is 0 Å². The van der Waals surface area contributed by atoms with Crippen LogP contribution in [0.3, 0.4) is 0 Å². The maximum atomic E-state index is 4.55. The van der Waals surface area contributed by atoms with E-state index in [1.54, 1.807) is 0 Å². The van der Waals surface area contributed by atoms with Gasteiger partial charge in [-0.3, -0.25) is 15.0 Å². The van der Waals surface area contributed by atoms with Gasteiger partial charge in [0.05, 0.1) is 5.52 Å². The third-order valence-electron chi connectivity index (χ3n) is 4.34. The van der Waals surface area contributed by atoms with Crippen molar-refractivity contribution in [2.75, 3.05) is 13.1 Å². The van der Waals surface area contributed by atoms with E-state index in [0.29, 0.717) is 5.92 Å². The number of nitrogens with zero attached hydrogens (tertiary/aromatic N) is 3. The summed E-state index contributed by atoms with van der Waals surface area (Å²) in [5.74, 6) is 0.579. The first-order valence-electron chi connectivity index (χ1n) is 7.44. The third kappa shape index (κ3) is 2.43. The van der Waals surface area contributed by atoms with Crippen molar-refractivity contribution in [3.05, 3.63) is 60.0 Å². The van der Waals surface area contributed by atoms with E-state index in [9.17, 15) is 0 Å². The van der Waals surface area contributed by atoms with Crippen molar-refractivity contribution in [1.29, 1.82) is 0 Å². The Kier molecular flexibility index (Phi) is 3.16. The lowest BCUT2D eigenvalue weighted by atomic mass is 10.1. The second-order valence-corrected chi connectivity index (χ2v) is 5.72. The van der Waals surface area contributed by atoms with Crippen LogP contribution in [0.5, 0.6) is 0 Å². The van der Waals surface area contributed by atoms with Crippen molar-refractivity contribution in [2.45, 2.75) is 18.9 Å². The van der Waals surface area contributed by atoms with Crippen LogP contribution in [-0.2, 0) is 6.54 Å². The first-order valence-corrected chi connectivity index (χ1v) is 7.44. The van der Waals surface area contributed by atoms with Crippen molar-refractivity contribution in [1.82, 2.24) is 20.1 Å². The van der Waals surface area contributed by atoms with Crippen molar-refractivity contribution in [3.63, 3.8) is 0 Å². The van der Waals surface area contributed by atoms with Gasteiger partial charge >= 0.3 is 0 Å². The van der Waals surface area contributed by atoms with Gasteiger partial charge in [-0.25, -0.2) is 0 Å². The van der Waals surface area contributed by atoms with Crippen molar-refractivity contribution >= 4 is 10.9 Å². The van der Waals surface area contributed by atoms with Crippen LogP contribution in [0, 0.1) is 0 Å². The fraction of sp³-hybridized carbons (Fsp3) is 0.294. The summed E-state index contributed by atoms with van der Waals surface area (Å²) in [6, 6.07) is 12.7. The van der Waals surface area contributed by atoms with E-state index in [-0.39, 0.29) is 0 Å². The summed E-state index contributed by atoms with van der Waals surface area (Å²) < 4.78 is 0. The van der Waals surface area contributed by atoms with Crippen LogP contribution in [0.2, 0.25) is 0 Å². The smallest absolute Gasteiger partial charge is 0.0746 e. The first-order chi connectivity index (χ1) is 10.4. The second-order valence-electron chi connectivity index (χ2n) is 5.72. The minimum Gasteiger partial charge on any atom is -0.298 e. The summed E-state index contributed by atoms with van der Waals surface area (Å²) in [6.07, 6.45) is 4.91. The van der Waals surface area contributed by atoms with E-state index in [1.807, 2.05) is 18.5 Å². The lowest BCUT2D eigenvalue weighted by molar-refractivity contribution is 0.327. The molecule has 4 nitrogen and oxygen atoms in total. The van der Waals surface area contributed by atoms with E-state index in [1.165, 1.54) is 23.1 Å². The van der Waals surface area contributed by atoms with Crippen molar-refractivity contribution < 1.29 is 0 Å². The number of rotatable bonds is 3. The van der Waals surface area contributed by atoms with Gasteiger partial charge < -0.3 is 0 Å². The number of hydrogen-bond acceptors (Lipinski definition) is 3. The molecule has 4 rings (SSSR count).